The van der Waals surface area contributed by atoms with Gasteiger partial charge in [-0.25, -0.2) is 4.99 Å². The van der Waals surface area contributed by atoms with E-state index in [1.54, 1.807) is 0 Å². The predicted molar refractivity (Wildman–Crippen MR) is 61.7 cm³/mol. The summed E-state index contributed by atoms with van der Waals surface area (Å²) >= 11 is 6.12. The Bertz CT molecular complexity index is 512. The number of carbonyl (C=O) groups is 1. The van der Waals surface area contributed by atoms with Crippen LogP contribution in [0.3, 0.4) is 0 Å². The fraction of sp³-hybridized carbons (Fsp3) is 0.273. The average Bonchev–Trinajstić information content (AvgIpc) is 2.53. The van der Waals surface area contributed by atoms with Crippen LogP contribution in [0.4, 0.5) is 5.69 Å². The SMILES string of the molecule is CC1C(=O)NC2=Nc3cccc(Cl)c3CN21. The van der Waals surface area contributed by atoms with E-state index in [1.165, 1.54) is 0 Å². The quantitative estimate of drug-likeness (QED) is 0.743. The second kappa shape index (κ2) is 3.22. The van der Waals surface area contributed by atoms with Crippen molar-refractivity contribution in [1.29, 1.82) is 0 Å². The lowest BCUT2D eigenvalue weighted by atomic mass is 10.1. The topological polar surface area (TPSA) is 44.7 Å². The maximum atomic E-state index is 11.5. The van der Waals surface area contributed by atoms with Gasteiger partial charge in [0.05, 0.1) is 12.2 Å². The summed E-state index contributed by atoms with van der Waals surface area (Å²) in [5.74, 6) is 0.620. The van der Waals surface area contributed by atoms with E-state index in [1.807, 2.05) is 30.0 Å². The van der Waals surface area contributed by atoms with E-state index in [-0.39, 0.29) is 11.9 Å². The van der Waals surface area contributed by atoms with Crippen molar-refractivity contribution >= 4 is 29.2 Å². The Labute approximate surface area is 97.9 Å². The van der Waals surface area contributed by atoms with Crippen LogP contribution in [-0.2, 0) is 11.3 Å². The largest absolute Gasteiger partial charge is 0.326 e. The van der Waals surface area contributed by atoms with E-state index in [0.717, 1.165) is 11.3 Å². The van der Waals surface area contributed by atoms with Gasteiger partial charge in [0.1, 0.15) is 6.04 Å². The number of aliphatic imine (C=N–C) groups is 1. The van der Waals surface area contributed by atoms with Crippen molar-refractivity contribution in [3.05, 3.63) is 28.8 Å². The van der Waals surface area contributed by atoms with Crippen LogP contribution >= 0.6 is 11.6 Å². The van der Waals surface area contributed by atoms with Crippen LogP contribution in [0.25, 0.3) is 0 Å². The van der Waals surface area contributed by atoms with Gasteiger partial charge in [-0.05, 0) is 19.1 Å². The number of hydrogen-bond donors (Lipinski definition) is 1. The predicted octanol–water partition coefficient (Wildman–Crippen LogP) is 1.66. The maximum Gasteiger partial charge on any atom is 0.249 e. The minimum atomic E-state index is -0.178. The second-order valence-electron chi connectivity index (χ2n) is 3.97. The summed E-state index contributed by atoms with van der Waals surface area (Å²) in [6.07, 6.45) is 0. The van der Waals surface area contributed by atoms with Crippen LogP contribution in [0.5, 0.6) is 0 Å². The number of carbonyl (C=O) groups excluding carboxylic acids is 1. The highest BCUT2D eigenvalue weighted by atomic mass is 35.5. The molecule has 3 rings (SSSR count). The van der Waals surface area contributed by atoms with Gasteiger partial charge in [0.2, 0.25) is 11.9 Å². The molecule has 0 spiro atoms. The van der Waals surface area contributed by atoms with Gasteiger partial charge in [-0.3, -0.25) is 10.1 Å². The van der Waals surface area contributed by atoms with Crippen LogP contribution in [0.1, 0.15) is 12.5 Å². The van der Waals surface area contributed by atoms with Crippen molar-refractivity contribution < 1.29 is 4.79 Å². The molecule has 0 bridgehead atoms. The summed E-state index contributed by atoms with van der Waals surface area (Å²) in [5.41, 5.74) is 1.82. The highest BCUT2D eigenvalue weighted by molar-refractivity contribution is 6.31. The lowest BCUT2D eigenvalue weighted by Crippen LogP contribution is -2.35. The molecule has 1 saturated heterocycles. The van der Waals surface area contributed by atoms with Gasteiger partial charge in [-0.1, -0.05) is 17.7 Å². The van der Waals surface area contributed by atoms with Crippen LogP contribution in [-0.4, -0.2) is 22.8 Å². The van der Waals surface area contributed by atoms with E-state index < -0.39 is 0 Å². The zero-order chi connectivity index (χ0) is 11.3. The number of halogens is 1. The van der Waals surface area contributed by atoms with Gasteiger partial charge in [-0.2, -0.15) is 0 Å². The minimum Gasteiger partial charge on any atom is -0.326 e. The highest BCUT2D eigenvalue weighted by Crippen LogP contribution is 2.33. The van der Waals surface area contributed by atoms with Gasteiger partial charge in [0.15, 0.2) is 0 Å². The molecule has 1 amide bonds. The van der Waals surface area contributed by atoms with E-state index in [2.05, 4.69) is 10.3 Å². The Morgan fingerprint density at radius 2 is 2.38 bits per heavy atom. The van der Waals surface area contributed by atoms with Gasteiger partial charge in [0, 0.05) is 10.6 Å². The number of guanidine groups is 1. The first-order chi connectivity index (χ1) is 7.66. The van der Waals surface area contributed by atoms with E-state index in [0.29, 0.717) is 17.5 Å². The summed E-state index contributed by atoms with van der Waals surface area (Å²) in [5, 5.41) is 3.46. The Balaban J connectivity index is 2.11. The molecule has 1 aromatic carbocycles. The fourth-order valence-corrected chi connectivity index (χ4v) is 2.24. The normalized spacial score (nSPS) is 22.4. The lowest BCUT2D eigenvalue weighted by Gasteiger charge is -2.26. The first kappa shape index (κ1) is 9.66. The molecule has 1 fully saturated rings. The number of rotatable bonds is 0. The molecule has 2 heterocycles. The first-order valence-corrected chi connectivity index (χ1v) is 5.48. The van der Waals surface area contributed by atoms with E-state index in [9.17, 15) is 4.79 Å². The van der Waals surface area contributed by atoms with Crippen LogP contribution in [0.15, 0.2) is 23.2 Å². The lowest BCUT2D eigenvalue weighted by molar-refractivity contribution is -0.121. The second-order valence-corrected chi connectivity index (χ2v) is 4.37. The Kier molecular flexibility index (Phi) is 1.94. The average molecular weight is 236 g/mol. The van der Waals surface area contributed by atoms with Gasteiger partial charge >= 0.3 is 0 Å². The number of fused-ring (bicyclic) bond motifs is 2. The molecule has 0 radical (unpaired) electrons. The number of nitrogens with one attached hydrogen (secondary N) is 1. The third-order valence-corrected chi connectivity index (χ3v) is 3.36. The molecular weight excluding hydrogens is 226 g/mol. The number of nitrogens with zero attached hydrogens (tertiary/aromatic N) is 2. The van der Waals surface area contributed by atoms with Crippen LogP contribution < -0.4 is 5.32 Å². The molecule has 1 unspecified atom stereocenters. The molecular formula is C11H10ClN3O. The molecule has 5 heteroatoms. The van der Waals surface area contributed by atoms with Crippen molar-refractivity contribution in [2.45, 2.75) is 19.5 Å². The van der Waals surface area contributed by atoms with Crippen molar-refractivity contribution in [2.75, 3.05) is 0 Å². The van der Waals surface area contributed by atoms with Crippen molar-refractivity contribution in [3.8, 4) is 0 Å². The molecule has 4 nitrogen and oxygen atoms in total. The van der Waals surface area contributed by atoms with Gasteiger partial charge in [0.25, 0.3) is 0 Å². The summed E-state index contributed by atoms with van der Waals surface area (Å²) < 4.78 is 0. The van der Waals surface area contributed by atoms with Crippen molar-refractivity contribution in [1.82, 2.24) is 10.2 Å². The zero-order valence-electron chi connectivity index (χ0n) is 8.70. The molecule has 0 saturated carbocycles. The molecule has 2 aliphatic heterocycles. The Morgan fingerprint density at radius 3 is 3.19 bits per heavy atom. The summed E-state index contributed by atoms with van der Waals surface area (Å²) in [4.78, 5) is 17.8. The standard InChI is InChI=1S/C11H10ClN3O/c1-6-10(16)14-11-13-9-4-2-3-8(12)7(9)5-15(6)11/h2-4,6H,5H2,1H3,(H,13,14,16). The smallest absolute Gasteiger partial charge is 0.249 e. The molecule has 1 N–H and O–H groups in total. The first-order valence-electron chi connectivity index (χ1n) is 5.10. The fourth-order valence-electron chi connectivity index (χ4n) is 2.01. The highest BCUT2D eigenvalue weighted by Gasteiger charge is 2.36. The summed E-state index contributed by atoms with van der Waals surface area (Å²) in [6.45, 7) is 2.49. The Morgan fingerprint density at radius 1 is 1.56 bits per heavy atom. The number of hydrogen-bond acceptors (Lipinski definition) is 3. The van der Waals surface area contributed by atoms with Crippen LogP contribution in [0, 0.1) is 0 Å². The number of amides is 1. The minimum absolute atomic E-state index is 0.0114. The number of benzene rings is 1. The third kappa shape index (κ3) is 1.23. The maximum absolute atomic E-state index is 11.5. The van der Waals surface area contributed by atoms with E-state index in [4.69, 9.17) is 11.6 Å². The molecule has 1 atom stereocenters. The molecule has 1 aromatic rings. The molecule has 82 valence electrons. The molecule has 0 aromatic heterocycles. The molecule has 2 aliphatic rings. The molecule has 0 aliphatic carbocycles. The van der Waals surface area contributed by atoms with Crippen LogP contribution in [0.2, 0.25) is 5.02 Å². The monoisotopic (exact) mass is 235 g/mol. The Hall–Kier alpha value is -1.55. The van der Waals surface area contributed by atoms with Crippen molar-refractivity contribution in [3.63, 3.8) is 0 Å². The van der Waals surface area contributed by atoms with E-state index >= 15 is 0 Å². The molecule has 16 heavy (non-hydrogen) atoms. The zero-order valence-corrected chi connectivity index (χ0v) is 9.45. The summed E-state index contributed by atoms with van der Waals surface area (Å²) in [6, 6.07) is 5.43. The third-order valence-electron chi connectivity index (χ3n) is 3.00. The van der Waals surface area contributed by atoms with Gasteiger partial charge in [-0.15, -0.1) is 0 Å². The summed E-state index contributed by atoms with van der Waals surface area (Å²) in [7, 11) is 0. The van der Waals surface area contributed by atoms with Gasteiger partial charge < -0.3 is 4.90 Å². The van der Waals surface area contributed by atoms with Crippen molar-refractivity contribution in [2.24, 2.45) is 4.99 Å².